The fourth-order valence-electron chi connectivity index (χ4n) is 1.75. The molecule has 1 unspecified atom stereocenters. The van der Waals surface area contributed by atoms with Crippen molar-refractivity contribution in [2.45, 2.75) is 19.9 Å². The number of carbonyl (C=O) groups excluding carboxylic acids is 1. The summed E-state index contributed by atoms with van der Waals surface area (Å²) in [6, 6.07) is 7.00. The average Bonchev–Trinajstić information content (AvgIpc) is 2.82. The molecule has 0 aliphatic heterocycles. The van der Waals surface area contributed by atoms with Gasteiger partial charge in [-0.1, -0.05) is 23.2 Å². The summed E-state index contributed by atoms with van der Waals surface area (Å²) < 4.78 is 0. The molecule has 3 nitrogen and oxygen atoms in total. The number of carbonyl (C=O) groups is 1. The number of nitrogens with one attached hydrogen (secondary N) is 1. The predicted octanol–water partition coefficient (Wildman–Crippen LogP) is 4.44. The van der Waals surface area contributed by atoms with Gasteiger partial charge in [-0.15, -0.1) is 11.3 Å². The Balaban J connectivity index is 2.16. The van der Waals surface area contributed by atoms with E-state index in [2.05, 4.69) is 5.32 Å². The van der Waals surface area contributed by atoms with Gasteiger partial charge in [0.2, 0.25) is 0 Å². The van der Waals surface area contributed by atoms with Crippen LogP contribution < -0.4 is 11.1 Å². The van der Waals surface area contributed by atoms with Crippen molar-refractivity contribution in [3.05, 3.63) is 49.6 Å². The summed E-state index contributed by atoms with van der Waals surface area (Å²) in [7, 11) is 0. The van der Waals surface area contributed by atoms with Gasteiger partial charge in [-0.05, 0) is 38.1 Å². The standard InChI is InChI=1S/C14H14Cl2N2OS/c1-7-3-4-12(20-7)8(2)18-14(19)9-5-10(15)13(17)11(16)6-9/h3-6,8H,17H2,1-2H3,(H,18,19). The monoisotopic (exact) mass is 328 g/mol. The molecular formula is C14H14Cl2N2OS. The smallest absolute Gasteiger partial charge is 0.251 e. The van der Waals surface area contributed by atoms with E-state index < -0.39 is 0 Å². The lowest BCUT2D eigenvalue weighted by Gasteiger charge is -2.13. The fraction of sp³-hybridized carbons (Fsp3) is 0.214. The molecular weight excluding hydrogens is 315 g/mol. The Bertz CT molecular complexity index is 631. The first kappa shape index (κ1) is 15.2. The molecule has 0 radical (unpaired) electrons. The molecule has 6 heteroatoms. The number of halogens is 2. The van der Waals surface area contributed by atoms with E-state index in [1.165, 1.54) is 17.0 Å². The molecule has 0 bridgehead atoms. The molecule has 2 rings (SSSR count). The number of anilines is 1. The number of rotatable bonds is 3. The Kier molecular flexibility index (Phi) is 4.58. The third kappa shape index (κ3) is 3.26. The van der Waals surface area contributed by atoms with Crippen LogP contribution in [0, 0.1) is 6.92 Å². The lowest BCUT2D eigenvalue weighted by Crippen LogP contribution is -2.26. The number of aryl methyl sites for hydroxylation is 1. The first-order valence-corrected chi connectivity index (χ1v) is 7.57. The van der Waals surface area contributed by atoms with Gasteiger partial charge in [-0.2, -0.15) is 0 Å². The molecule has 2 aromatic rings. The van der Waals surface area contributed by atoms with Crippen molar-refractivity contribution in [3.8, 4) is 0 Å². The third-order valence-electron chi connectivity index (χ3n) is 2.88. The molecule has 0 spiro atoms. The number of nitrogen functional groups attached to an aromatic ring is 1. The highest BCUT2D eigenvalue weighted by atomic mass is 35.5. The van der Waals surface area contributed by atoms with Crippen LogP contribution in [0.5, 0.6) is 0 Å². The Morgan fingerprint density at radius 2 is 1.90 bits per heavy atom. The van der Waals surface area contributed by atoms with Gasteiger partial charge in [0.1, 0.15) is 0 Å². The molecule has 1 amide bonds. The molecule has 0 fully saturated rings. The summed E-state index contributed by atoms with van der Waals surface area (Å²) in [6.07, 6.45) is 0. The maximum Gasteiger partial charge on any atom is 0.251 e. The van der Waals surface area contributed by atoms with Crippen LogP contribution in [0.15, 0.2) is 24.3 Å². The Morgan fingerprint density at radius 3 is 2.40 bits per heavy atom. The minimum atomic E-state index is -0.229. The zero-order valence-electron chi connectivity index (χ0n) is 11.0. The molecule has 1 atom stereocenters. The number of amides is 1. The SMILES string of the molecule is Cc1ccc(C(C)NC(=O)c2cc(Cl)c(N)c(Cl)c2)s1. The van der Waals surface area contributed by atoms with Crippen molar-refractivity contribution in [2.75, 3.05) is 5.73 Å². The van der Waals surface area contributed by atoms with Crippen LogP contribution in [-0.2, 0) is 0 Å². The Labute approximate surface area is 131 Å². The van der Waals surface area contributed by atoms with Crippen molar-refractivity contribution in [1.29, 1.82) is 0 Å². The van der Waals surface area contributed by atoms with E-state index in [0.717, 1.165) is 4.88 Å². The number of nitrogens with two attached hydrogens (primary N) is 1. The number of benzene rings is 1. The second-order valence-corrected chi connectivity index (χ2v) is 6.63. The highest BCUT2D eigenvalue weighted by molar-refractivity contribution is 7.12. The largest absolute Gasteiger partial charge is 0.396 e. The Hall–Kier alpha value is -1.23. The van der Waals surface area contributed by atoms with Gasteiger partial charge >= 0.3 is 0 Å². The Morgan fingerprint density at radius 1 is 1.30 bits per heavy atom. The maximum atomic E-state index is 12.2. The van der Waals surface area contributed by atoms with Crippen LogP contribution in [0.1, 0.15) is 33.1 Å². The first-order valence-electron chi connectivity index (χ1n) is 6.00. The van der Waals surface area contributed by atoms with Gasteiger partial charge in [-0.3, -0.25) is 4.79 Å². The molecule has 0 saturated heterocycles. The number of hydrogen-bond acceptors (Lipinski definition) is 3. The van der Waals surface area contributed by atoms with Crippen LogP contribution in [-0.4, -0.2) is 5.91 Å². The van der Waals surface area contributed by atoms with Gasteiger partial charge in [0, 0.05) is 15.3 Å². The molecule has 0 aliphatic carbocycles. The van der Waals surface area contributed by atoms with Crippen molar-refractivity contribution in [1.82, 2.24) is 5.32 Å². The van der Waals surface area contributed by atoms with Gasteiger partial charge in [0.25, 0.3) is 5.91 Å². The van der Waals surface area contributed by atoms with E-state index in [-0.39, 0.29) is 27.7 Å². The number of thiophene rings is 1. The molecule has 1 aromatic carbocycles. The number of hydrogen-bond donors (Lipinski definition) is 2. The quantitative estimate of drug-likeness (QED) is 0.818. The van der Waals surface area contributed by atoms with Gasteiger partial charge in [0.15, 0.2) is 0 Å². The molecule has 20 heavy (non-hydrogen) atoms. The normalized spacial score (nSPS) is 12.2. The minimum Gasteiger partial charge on any atom is -0.396 e. The second kappa shape index (κ2) is 6.04. The first-order chi connectivity index (χ1) is 9.38. The van der Waals surface area contributed by atoms with Crippen molar-refractivity contribution in [3.63, 3.8) is 0 Å². The zero-order valence-corrected chi connectivity index (χ0v) is 13.4. The fourth-order valence-corrected chi connectivity index (χ4v) is 3.12. The minimum absolute atomic E-state index is 0.0729. The van der Waals surface area contributed by atoms with Crippen molar-refractivity contribution in [2.24, 2.45) is 0 Å². The van der Waals surface area contributed by atoms with Crippen LogP contribution in [0.25, 0.3) is 0 Å². The lowest BCUT2D eigenvalue weighted by atomic mass is 10.1. The highest BCUT2D eigenvalue weighted by Gasteiger charge is 2.15. The summed E-state index contributed by atoms with van der Waals surface area (Å²) in [6.45, 7) is 3.96. The maximum absolute atomic E-state index is 12.2. The summed E-state index contributed by atoms with van der Waals surface area (Å²) in [4.78, 5) is 14.5. The summed E-state index contributed by atoms with van der Waals surface area (Å²) in [5, 5.41) is 3.47. The topological polar surface area (TPSA) is 55.1 Å². The van der Waals surface area contributed by atoms with Crippen molar-refractivity contribution < 1.29 is 4.79 Å². The summed E-state index contributed by atoms with van der Waals surface area (Å²) in [5.74, 6) is -0.229. The van der Waals surface area contributed by atoms with Crippen LogP contribution in [0.2, 0.25) is 10.0 Å². The van der Waals surface area contributed by atoms with E-state index in [4.69, 9.17) is 28.9 Å². The van der Waals surface area contributed by atoms with Gasteiger partial charge in [0.05, 0.1) is 21.8 Å². The average molecular weight is 329 g/mol. The van der Waals surface area contributed by atoms with E-state index in [9.17, 15) is 4.79 Å². The van der Waals surface area contributed by atoms with Crippen LogP contribution in [0.3, 0.4) is 0 Å². The zero-order chi connectivity index (χ0) is 14.9. The molecule has 0 saturated carbocycles. The van der Waals surface area contributed by atoms with Gasteiger partial charge in [-0.25, -0.2) is 0 Å². The molecule has 1 heterocycles. The van der Waals surface area contributed by atoms with E-state index in [0.29, 0.717) is 5.56 Å². The van der Waals surface area contributed by atoms with Crippen LogP contribution in [0.4, 0.5) is 5.69 Å². The predicted molar refractivity (Wildman–Crippen MR) is 85.8 cm³/mol. The van der Waals surface area contributed by atoms with E-state index in [1.54, 1.807) is 11.3 Å². The van der Waals surface area contributed by atoms with Crippen molar-refractivity contribution >= 4 is 46.1 Å². The molecule has 0 aliphatic rings. The highest BCUT2D eigenvalue weighted by Crippen LogP contribution is 2.29. The van der Waals surface area contributed by atoms with Crippen LogP contribution >= 0.6 is 34.5 Å². The summed E-state index contributed by atoms with van der Waals surface area (Å²) in [5.41, 5.74) is 6.33. The summed E-state index contributed by atoms with van der Waals surface area (Å²) >= 11 is 13.5. The van der Waals surface area contributed by atoms with E-state index in [1.807, 2.05) is 26.0 Å². The lowest BCUT2D eigenvalue weighted by molar-refractivity contribution is 0.0940. The molecule has 3 N–H and O–H groups in total. The second-order valence-electron chi connectivity index (χ2n) is 4.50. The molecule has 106 valence electrons. The molecule has 1 aromatic heterocycles. The van der Waals surface area contributed by atoms with Gasteiger partial charge < -0.3 is 11.1 Å². The third-order valence-corrected chi connectivity index (χ3v) is 4.69. The van der Waals surface area contributed by atoms with E-state index >= 15 is 0 Å².